The molecule has 140 valence electrons. The van der Waals surface area contributed by atoms with E-state index < -0.39 is 12.0 Å². The number of fused-ring (bicyclic) bond motifs is 1. The summed E-state index contributed by atoms with van der Waals surface area (Å²) in [7, 11) is 1.66. The van der Waals surface area contributed by atoms with Gasteiger partial charge in [0.25, 0.3) is 5.92 Å². The molecule has 0 aliphatic carbocycles. The van der Waals surface area contributed by atoms with E-state index in [1.165, 1.54) is 4.90 Å². The third-order valence-electron chi connectivity index (χ3n) is 4.86. The normalized spacial score (nSPS) is 20.6. The number of pyridine rings is 1. The van der Waals surface area contributed by atoms with Gasteiger partial charge in [-0.25, -0.2) is 4.79 Å². The Kier molecular flexibility index (Phi) is 4.15. The summed E-state index contributed by atoms with van der Waals surface area (Å²) in [5.41, 5.74) is 1.00. The van der Waals surface area contributed by atoms with E-state index in [9.17, 15) is 18.4 Å². The maximum atomic E-state index is 14.4. The number of rotatable bonds is 2. The number of nitrogens with zero attached hydrogens (tertiary/aromatic N) is 3. The van der Waals surface area contributed by atoms with Crippen molar-refractivity contribution in [1.29, 1.82) is 0 Å². The van der Waals surface area contributed by atoms with Crippen molar-refractivity contribution in [2.75, 3.05) is 31.6 Å². The third kappa shape index (κ3) is 3.16. The lowest BCUT2D eigenvalue weighted by Gasteiger charge is -2.30. The molecule has 0 spiro atoms. The Bertz CT molecular complexity index is 973. The monoisotopic (exact) mass is 372 g/mol. The molecule has 0 radical (unpaired) electrons. The molecule has 0 atom stereocenters. The Labute approximate surface area is 154 Å². The molecule has 0 unspecified atom stereocenters. The van der Waals surface area contributed by atoms with Gasteiger partial charge in [-0.2, -0.15) is 8.78 Å². The predicted molar refractivity (Wildman–Crippen MR) is 97.7 cm³/mol. The SMILES string of the molecule is CN1CC=C(c2ccc3c(N4CCC(=O)NC4=O)cncc3c2)C(F)(F)C1. The lowest BCUT2D eigenvalue weighted by molar-refractivity contribution is -0.120. The van der Waals surface area contributed by atoms with Crippen LogP contribution in [0.5, 0.6) is 0 Å². The number of urea groups is 1. The Hall–Kier alpha value is -2.87. The minimum atomic E-state index is -2.93. The van der Waals surface area contributed by atoms with Crippen molar-refractivity contribution in [3.63, 3.8) is 0 Å². The molecule has 3 heterocycles. The van der Waals surface area contributed by atoms with E-state index in [1.54, 1.807) is 48.6 Å². The Balaban J connectivity index is 1.75. The van der Waals surface area contributed by atoms with Gasteiger partial charge in [0.15, 0.2) is 0 Å². The van der Waals surface area contributed by atoms with E-state index in [2.05, 4.69) is 10.3 Å². The van der Waals surface area contributed by atoms with Crippen LogP contribution < -0.4 is 10.2 Å². The second-order valence-electron chi connectivity index (χ2n) is 6.87. The number of anilines is 1. The van der Waals surface area contributed by atoms with Gasteiger partial charge in [-0.1, -0.05) is 18.2 Å². The van der Waals surface area contributed by atoms with Crippen molar-refractivity contribution in [2.24, 2.45) is 0 Å². The number of nitrogens with one attached hydrogen (secondary N) is 1. The van der Waals surface area contributed by atoms with E-state index in [1.807, 2.05) is 0 Å². The van der Waals surface area contributed by atoms with Crippen molar-refractivity contribution in [2.45, 2.75) is 12.3 Å². The van der Waals surface area contributed by atoms with Crippen LogP contribution in [0.25, 0.3) is 16.3 Å². The van der Waals surface area contributed by atoms with Gasteiger partial charge in [-0.05, 0) is 18.7 Å². The number of halogens is 2. The topological polar surface area (TPSA) is 65.5 Å². The molecule has 2 aliphatic rings. The highest BCUT2D eigenvalue weighted by atomic mass is 19.3. The van der Waals surface area contributed by atoms with Gasteiger partial charge in [0.1, 0.15) is 0 Å². The van der Waals surface area contributed by atoms with Crippen LogP contribution in [0.15, 0.2) is 36.7 Å². The zero-order valence-electron chi connectivity index (χ0n) is 14.7. The molecule has 1 fully saturated rings. The fourth-order valence-electron chi connectivity index (χ4n) is 3.55. The number of amides is 3. The number of likely N-dealkylation sites (N-methyl/N-ethyl adjacent to an activating group) is 1. The smallest absolute Gasteiger partial charge is 0.297 e. The van der Waals surface area contributed by atoms with Gasteiger partial charge in [0.2, 0.25) is 5.91 Å². The standard InChI is InChI=1S/C19H18F2N4O2/c1-24-6-4-15(19(20,21)11-24)12-2-3-14-13(8-12)9-22-10-16(14)25-7-5-17(26)23-18(25)27/h2-4,8-10H,5-7,11H2,1H3,(H,23,26,27). The van der Waals surface area contributed by atoms with Gasteiger partial charge < -0.3 is 0 Å². The Morgan fingerprint density at radius 1 is 1.22 bits per heavy atom. The van der Waals surface area contributed by atoms with Crippen LogP contribution in [0.3, 0.4) is 0 Å². The van der Waals surface area contributed by atoms with Crippen LogP contribution >= 0.6 is 0 Å². The first-order valence-electron chi connectivity index (χ1n) is 8.62. The van der Waals surface area contributed by atoms with E-state index in [4.69, 9.17) is 0 Å². The second-order valence-corrected chi connectivity index (χ2v) is 6.87. The molecule has 1 aromatic carbocycles. The average molecular weight is 372 g/mol. The molecule has 2 aromatic rings. The Morgan fingerprint density at radius 3 is 2.78 bits per heavy atom. The van der Waals surface area contributed by atoms with Gasteiger partial charge in [0, 0.05) is 42.1 Å². The number of benzene rings is 1. The number of hydrogen-bond acceptors (Lipinski definition) is 4. The lowest BCUT2D eigenvalue weighted by Crippen LogP contribution is -2.49. The van der Waals surface area contributed by atoms with E-state index in [0.717, 1.165) is 5.39 Å². The van der Waals surface area contributed by atoms with Crippen molar-refractivity contribution in [1.82, 2.24) is 15.2 Å². The van der Waals surface area contributed by atoms with Crippen molar-refractivity contribution >= 4 is 34.0 Å². The van der Waals surface area contributed by atoms with Gasteiger partial charge in [0.05, 0.1) is 18.4 Å². The summed E-state index contributed by atoms with van der Waals surface area (Å²) in [5, 5.41) is 3.65. The molecule has 3 amide bonds. The number of imide groups is 1. The highest BCUT2D eigenvalue weighted by molar-refractivity contribution is 6.09. The number of aromatic nitrogens is 1. The average Bonchev–Trinajstić information content (AvgIpc) is 2.60. The number of alkyl halides is 2. The van der Waals surface area contributed by atoms with Crippen LogP contribution in [0.2, 0.25) is 0 Å². The molecular weight excluding hydrogens is 354 g/mol. The van der Waals surface area contributed by atoms with E-state index >= 15 is 0 Å². The summed E-state index contributed by atoms with van der Waals surface area (Å²) in [6.07, 6.45) is 4.88. The van der Waals surface area contributed by atoms with Gasteiger partial charge >= 0.3 is 6.03 Å². The first-order valence-corrected chi connectivity index (χ1v) is 8.62. The van der Waals surface area contributed by atoms with Crippen LogP contribution in [-0.4, -0.2) is 54.4 Å². The molecule has 2 aliphatic heterocycles. The first kappa shape index (κ1) is 17.5. The van der Waals surface area contributed by atoms with E-state index in [0.29, 0.717) is 23.2 Å². The molecule has 8 heteroatoms. The summed E-state index contributed by atoms with van der Waals surface area (Å²) in [4.78, 5) is 30.7. The number of hydrogen-bond donors (Lipinski definition) is 1. The molecule has 4 rings (SSSR count). The molecule has 1 aromatic heterocycles. The summed E-state index contributed by atoms with van der Waals surface area (Å²) in [6.45, 7) is 0.392. The Morgan fingerprint density at radius 2 is 2.04 bits per heavy atom. The minimum absolute atomic E-state index is 0.00853. The van der Waals surface area contributed by atoms with Crippen molar-refractivity contribution in [3.8, 4) is 0 Å². The zero-order chi connectivity index (χ0) is 19.2. The van der Waals surface area contributed by atoms with Crippen LogP contribution in [-0.2, 0) is 4.79 Å². The van der Waals surface area contributed by atoms with E-state index in [-0.39, 0.29) is 31.0 Å². The maximum Gasteiger partial charge on any atom is 0.328 e. The molecular formula is C19H18F2N4O2. The largest absolute Gasteiger partial charge is 0.328 e. The second kappa shape index (κ2) is 6.38. The quantitative estimate of drug-likeness (QED) is 0.880. The summed E-state index contributed by atoms with van der Waals surface area (Å²) in [6, 6.07) is 4.53. The lowest BCUT2D eigenvalue weighted by atomic mass is 9.94. The molecule has 0 bridgehead atoms. The summed E-state index contributed by atoms with van der Waals surface area (Å²) >= 11 is 0. The molecule has 1 saturated heterocycles. The molecule has 6 nitrogen and oxygen atoms in total. The molecule has 0 saturated carbocycles. The highest BCUT2D eigenvalue weighted by Crippen LogP contribution is 2.37. The van der Waals surface area contributed by atoms with Crippen molar-refractivity contribution in [3.05, 3.63) is 42.2 Å². The molecule has 1 N–H and O–H groups in total. The fraction of sp³-hybridized carbons (Fsp3) is 0.316. The number of carbonyl (C=O) groups excluding carboxylic acids is 2. The zero-order valence-corrected chi connectivity index (χ0v) is 14.7. The first-order chi connectivity index (χ1) is 12.8. The van der Waals surface area contributed by atoms with Crippen LogP contribution in [0.4, 0.5) is 19.3 Å². The maximum absolute atomic E-state index is 14.4. The van der Waals surface area contributed by atoms with Gasteiger partial charge in [-0.15, -0.1) is 0 Å². The third-order valence-corrected chi connectivity index (χ3v) is 4.86. The van der Waals surface area contributed by atoms with Gasteiger partial charge in [-0.3, -0.25) is 24.9 Å². The van der Waals surface area contributed by atoms with Crippen molar-refractivity contribution < 1.29 is 18.4 Å². The summed E-state index contributed by atoms with van der Waals surface area (Å²) < 4.78 is 28.9. The highest BCUT2D eigenvalue weighted by Gasteiger charge is 2.38. The number of carbonyl (C=O) groups is 2. The van der Waals surface area contributed by atoms with Crippen LogP contribution in [0.1, 0.15) is 12.0 Å². The molecule has 27 heavy (non-hydrogen) atoms. The fourth-order valence-corrected chi connectivity index (χ4v) is 3.55. The summed E-state index contributed by atoms with van der Waals surface area (Å²) in [5.74, 6) is -3.25. The van der Waals surface area contributed by atoms with Crippen LogP contribution in [0, 0.1) is 0 Å². The minimum Gasteiger partial charge on any atom is -0.297 e. The predicted octanol–water partition coefficient (Wildman–Crippen LogP) is 2.65.